The van der Waals surface area contributed by atoms with E-state index < -0.39 is 6.09 Å². The summed E-state index contributed by atoms with van der Waals surface area (Å²) in [6, 6.07) is 0.0845. The number of nitrogens with two attached hydrogens (primary N) is 1. The highest BCUT2D eigenvalue weighted by molar-refractivity contribution is 5.64. The minimum atomic E-state index is -0.930. The first-order chi connectivity index (χ1) is 5.74. The van der Waals surface area contributed by atoms with Gasteiger partial charge in [0.2, 0.25) is 0 Å². The molecule has 4 nitrogen and oxygen atoms in total. The van der Waals surface area contributed by atoms with Crippen LogP contribution in [0.3, 0.4) is 0 Å². The third kappa shape index (κ3) is 2.37. The van der Waals surface area contributed by atoms with Crippen molar-refractivity contribution >= 4 is 6.09 Å². The quantitative estimate of drug-likeness (QED) is 0.576. The highest BCUT2D eigenvalue weighted by atomic mass is 16.4. The Bertz CT molecular complexity index is 161. The van der Waals surface area contributed by atoms with Crippen LogP contribution in [-0.4, -0.2) is 23.8 Å². The summed E-state index contributed by atoms with van der Waals surface area (Å²) in [5.41, 5.74) is 5.54. The Kier molecular flexibility index (Phi) is 3.34. The summed E-state index contributed by atoms with van der Waals surface area (Å²) in [5, 5.41) is 11.0. The number of hydrogen-bond acceptors (Lipinski definition) is 2. The first-order valence-corrected chi connectivity index (χ1v) is 4.43. The summed E-state index contributed by atoms with van der Waals surface area (Å²) < 4.78 is 0. The lowest BCUT2D eigenvalue weighted by Crippen LogP contribution is -2.44. The molecule has 0 aliphatic heterocycles. The van der Waals surface area contributed by atoms with Crippen molar-refractivity contribution in [3.63, 3.8) is 0 Å². The predicted octanol–water partition coefficient (Wildman–Crippen LogP) is 0.772. The molecule has 1 rings (SSSR count). The van der Waals surface area contributed by atoms with Crippen LogP contribution in [-0.2, 0) is 0 Å². The van der Waals surface area contributed by atoms with Gasteiger partial charge in [0.25, 0.3) is 0 Å². The van der Waals surface area contributed by atoms with Crippen LogP contribution in [0.5, 0.6) is 0 Å². The van der Waals surface area contributed by atoms with E-state index in [1.165, 1.54) is 6.42 Å². The van der Waals surface area contributed by atoms with E-state index in [4.69, 9.17) is 10.8 Å². The fourth-order valence-corrected chi connectivity index (χ4v) is 1.84. The molecular formula is C8H16N2O2. The van der Waals surface area contributed by atoms with E-state index in [1.807, 2.05) is 0 Å². The zero-order chi connectivity index (χ0) is 8.97. The van der Waals surface area contributed by atoms with Crippen molar-refractivity contribution in [3.8, 4) is 0 Å². The lowest BCUT2D eigenvalue weighted by Gasteiger charge is -2.30. The average molecular weight is 172 g/mol. The van der Waals surface area contributed by atoms with E-state index in [0.717, 1.165) is 19.3 Å². The summed E-state index contributed by atoms with van der Waals surface area (Å²) in [4.78, 5) is 10.4. The van der Waals surface area contributed by atoms with E-state index in [9.17, 15) is 4.79 Å². The SMILES string of the molecule is NCC1CCCCC1NC(=O)O. The number of carbonyl (C=O) groups is 1. The minimum Gasteiger partial charge on any atom is -0.465 e. The molecule has 0 aromatic rings. The normalized spacial score (nSPS) is 29.8. The second-order valence-corrected chi connectivity index (χ2v) is 3.34. The van der Waals surface area contributed by atoms with E-state index in [1.54, 1.807) is 0 Å². The summed E-state index contributed by atoms with van der Waals surface area (Å²) >= 11 is 0. The molecule has 0 radical (unpaired) electrons. The van der Waals surface area contributed by atoms with Gasteiger partial charge in [-0.1, -0.05) is 12.8 Å². The van der Waals surface area contributed by atoms with Gasteiger partial charge in [-0.05, 0) is 25.3 Å². The van der Waals surface area contributed by atoms with E-state index >= 15 is 0 Å². The molecule has 0 bridgehead atoms. The highest BCUT2D eigenvalue weighted by Gasteiger charge is 2.24. The smallest absolute Gasteiger partial charge is 0.404 e. The Hall–Kier alpha value is -0.770. The molecular weight excluding hydrogens is 156 g/mol. The van der Waals surface area contributed by atoms with Crippen molar-refractivity contribution in [3.05, 3.63) is 0 Å². The largest absolute Gasteiger partial charge is 0.465 e. The third-order valence-corrected chi connectivity index (χ3v) is 2.52. The van der Waals surface area contributed by atoms with Crippen molar-refractivity contribution in [2.45, 2.75) is 31.7 Å². The van der Waals surface area contributed by atoms with Crippen molar-refractivity contribution < 1.29 is 9.90 Å². The molecule has 1 saturated carbocycles. The van der Waals surface area contributed by atoms with Crippen LogP contribution in [0.2, 0.25) is 0 Å². The van der Waals surface area contributed by atoms with Gasteiger partial charge in [-0.3, -0.25) is 0 Å². The highest BCUT2D eigenvalue weighted by Crippen LogP contribution is 2.23. The Balaban J connectivity index is 2.41. The van der Waals surface area contributed by atoms with Gasteiger partial charge in [0, 0.05) is 6.04 Å². The second kappa shape index (κ2) is 4.30. The van der Waals surface area contributed by atoms with Gasteiger partial charge in [-0.15, -0.1) is 0 Å². The predicted molar refractivity (Wildman–Crippen MR) is 46.0 cm³/mol. The van der Waals surface area contributed by atoms with Crippen molar-refractivity contribution in [1.29, 1.82) is 0 Å². The first kappa shape index (κ1) is 9.32. The summed E-state index contributed by atoms with van der Waals surface area (Å²) in [6.45, 7) is 0.588. The Labute approximate surface area is 72.1 Å². The van der Waals surface area contributed by atoms with Crippen LogP contribution in [0, 0.1) is 5.92 Å². The van der Waals surface area contributed by atoms with Crippen LogP contribution in [0.1, 0.15) is 25.7 Å². The summed E-state index contributed by atoms with van der Waals surface area (Å²) in [7, 11) is 0. The van der Waals surface area contributed by atoms with Gasteiger partial charge < -0.3 is 16.2 Å². The third-order valence-electron chi connectivity index (χ3n) is 2.52. The van der Waals surface area contributed by atoms with Gasteiger partial charge in [-0.2, -0.15) is 0 Å². The molecule has 4 N–H and O–H groups in total. The van der Waals surface area contributed by atoms with E-state index in [0.29, 0.717) is 12.5 Å². The molecule has 2 atom stereocenters. The molecule has 1 aliphatic carbocycles. The molecule has 4 heteroatoms. The molecule has 70 valence electrons. The van der Waals surface area contributed by atoms with Crippen LogP contribution in [0.4, 0.5) is 4.79 Å². The fraction of sp³-hybridized carbons (Fsp3) is 0.875. The molecule has 0 saturated heterocycles. The molecule has 0 aromatic carbocycles. The standard InChI is InChI=1S/C8H16N2O2/c9-5-6-3-1-2-4-7(6)10-8(11)12/h6-7,10H,1-5,9H2,(H,11,12). The molecule has 0 heterocycles. The summed E-state index contributed by atoms with van der Waals surface area (Å²) in [5.74, 6) is 0.342. The molecule has 12 heavy (non-hydrogen) atoms. The lowest BCUT2D eigenvalue weighted by molar-refractivity contribution is 0.176. The number of rotatable bonds is 2. The van der Waals surface area contributed by atoms with Crippen molar-refractivity contribution in [2.24, 2.45) is 11.7 Å². The lowest BCUT2D eigenvalue weighted by atomic mass is 9.85. The van der Waals surface area contributed by atoms with Crippen molar-refractivity contribution in [1.82, 2.24) is 5.32 Å². The molecule has 2 unspecified atom stereocenters. The molecule has 1 fully saturated rings. The average Bonchev–Trinajstić information content (AvgIpc) is 2.04. The Morgan fingerprint density at radius 1 is 1.50 bits per heavy atom. The number of carboxylic acid groups (broad SMARTS) is 1. The van der Waals surface area contributed by atoms with E-state index in [-0.39, 0.29) is 6.04 Å². The number of nitrogens with one attached hydrogen (secondary N) is 1. The molecule has 0 spiro atoms. The fourth-order valence-electron chi connectivity index (χ4n) is 1.84. The maximum atomic E-state index is 10.4. The number of hydrogen-bond donors (Lipinski definition) is 3. The van der Waals surface area contributed by atoms with Gasteiger partial charge in [0.05, 0.1) is 0 Å². The number of amides is 1. The summed E-state index contributed by atoms with van der Waals surface area (Å²) in [6.07, 6.45) is 3.36. The molecule has 1 aliphatic rings. The van der Waals surface area contributed by atoms with Gasteiger partial charge in [0.1, 0.15) is 0 Å². The maximum absolute atomic E-state index is 10.4. The first-order valence-electron chi connectivity index (χ1n) is 4.43. The molecule has 0 aromatic heterocycles. The Morgan fingerprint density at radius 2 is 2.17 bits per heavy atom. The van der Waals surface area contributed by atoms with Crippen LogP contribution >= 0.6 is 0 Å². The van der Waals surface area contributed by atoms with Crippen LogP contribution in [0.15, 0.2) is 0 Å². The van der Waals surface area contributed by atoms with Gasteiger partial charge >= 0.3 is 6.09 Å². The zero-order valence-corrected chi connectivity index (χ0v) is 7.12. The zero-order valence-electron chi connectivity index (χ0n) is 7.12. The van der Waals surface area contributed by atoms with E-state index in [2.05, 4.69) is 5.32 Å². The van der Waals surface area contributed by atoms with Crippen molar-refractivity contribution in [2.75, 3.05) is 6.54 Å². The topological polar surface area (TPSA) is 75.3 Å². The molecule has 1 amide bonds. The van der Waals surface area contributed by atoms with Crippen LogP contribution < -0.4 is 11.1 Å². The minimum absolute atomic E-state index is 0.0845. The maximum Gasteiger partial charge on any atom is 0.404 e. The monoisotopic (exact) mass is 172 g/mol. The van der Waals surface area contributed by atoms with Gasteiger partial charge in [0.15, 0.2) is 0 Å². The second-order valence-electron chi connectivity index (χ2n) is 3.34. The van der Waals surface area contributed by atoms with Gasteiger partial charge in [-0.25, -0.2) is 4.79 Å². The Morgan fingerprint density at radius 3 is 2.75 bits per heavy atom. The van der Waals surface area contributed by atoms with Crippen LogP contribution in [0.25, 0.3) is 0 Å².